The molecule has 0 aliphatic carbocycles. The van der Waals surface area contributed by atoms with Crippen molar-refractivity contribution in [2.75, 3.05) is 27.9 Å². The molecule has 0 spiro atoms. The van der Waals surface area contributed by atoms with E-state index in [1.807, 2.05) is 12.3 Å². The fraction of sp³-hybridized carbons (Fsp3) is 0.913. The summed E-state index contributed by atoms with van der Waals surface area (Å²) in [5.74, 6) is -0.635. The molecule has 0 aliphatic rings. The van der Waals surface area contributed by atoms with Gasteiger partial charge in [0.15, 0.2) is 0 Å². The molecule has 0 amide bonds. The molecule has 1 atom stereocenters. The van der Waals surface area contributed by atoms with Gasteiger partial charge in [-0.25, -0.2) is 0 Å². The Balaban J connectivity index is 4.20. The maximum absolute atomic E-state index is 5.66. The van der Waals surface area contributed by atoms with Crippen LogP contribution in [0.4, 0.5) is 0 Å². The van der Waals surface area contributed by atoms with Crippen molar-refractivity contribution in [3.8, 4) is 0 Å². The van der Waals surface area contributed by atoms with Crippen LogP contribution in [0.15, 0.2) is 12.3 Å². The van der Waals surface area contributed by atoms with Crippen LogP contribution in [0.1, 0.15) is 97.3 Å². The van der Waals surface area contributed by atoms with Gasteiger partial charge >= 0.3 is 0 Å². The minimum Gasteiger partial charge on any atom is -0.502 e. The van der Waals surface area contributed by atoms with Gasteiger partial charge in [-0.05, 0) is 25.7 Å². The molecule has 0 bridgehead atoms. The molecule has 27 heavy (non-hydrogen) atoms. The van der Waals surface area contributed by atoms with Gasteiger partial charge in [0.05, 0.1) is 12.9 Å². The van der Waals surface area contributed by atoms with Crippen molar-refractivity contribution in [3.63, 3.8) is 0 Å². The van der Waals surface area contributed by atoms with Crippen molar-refractivity contribution < 1.29 is 18.9 Å². The number of hydrogen-bond acceptors (Lipinski definition) is 4. The molecule has 162 valence electrons. The van der Waals surface area contributed by atoms with E-state index in [1.54, 1.807) is 21.3 Å². The summed E-state index contributed by atoms with van der Waals surface area (Å²) in [6, 6.07) is 0. The van der Waals surface area contributed by atoms with Crippen LogP contribution in [0.25, 0.3) is 0 Å². The van der Waals surface area contributed by atoms with E-state index in [0.29, 0.717) is 0 Å². The summed E-state index contributed by atoms with van der Waals surface area (Å²) in [5.41, 5.74) is 0. The molecular weight excluding hydrogens is 340 g/mol. The van der Waals surface area contributed by atoms with E-state index in [2.05, 4.69) is 13.8 Å². The van der Waals surface area contributed by atoms with E-state index in [0.717, 1.165) is 32.3 Å². The molecule has 0 aromatic rings. The van der Waals surface area contributed by atoms with Crippen LogP contribution in [0.2, 0.25) is 0 Å². The van der Waals surface area contributed by atoms with E-state index in [1.165, 1.54) is 57.8 Å². The maximum Gasteiger partial charge on any atom is 0.285 e. The van der Waals surface area contributed by atoms with Crippen molar-refractivity contribution in [3.05, 3.63) is 12.3 Å². The van der Waals surface area contributed by atoms with Crippen LogP contribution in [-0.2, 0) is 18.9 Å². The van der Waals surface area contributed by atoms with Crippen molar-refractivity contribution in [1.29, 1.82) is 0 Å². The van der Waals surface area contributed by atoms with Gasteiger partial charge in [0.1, 0.15) is 0 Å². The number of hydrogen-bond donors (Lipinski definition) is 0. The molecule has 0 N–H and O–H groups in total. The average Bonchev–Trinajstić information content (AvgIpc) is 2.70. The zero-order valence-corrected chi connectivity index (χ0v) is 18.8. The highest BCUT2D eigenvalue weighted by Gasteiger charge is 2.39. The van der Waals surface area contributed by atoms with Gasteiger partial charge in [0.25, 0.3) is 5.97 Å². The third-order valence-electron chi connectivity index (χ3n) is 5.25. The fourth-order valence-electron chi connectivity index (χ4n) is 3.58. The lowest BCUT2D eigenvalue weighted by Gasteiger charge is -2.36. The Hall–Kier alpha value is -0.580. The van der Waals surface area contributed by atoms with Crippen molar-refractivity contribution in [2.24, 2.45) is 5.92 Å². The molecule has 1 unspecified atom stereocenters. The maximum atomic E-state index is 5.66. The Morgan fingerprint density at radius 2 is 1.22 bits per heavy atom. The van der Waals surface area contributed by atoms with Gasteiger partial charge in [-0.1, -0.05) is 77.7 Å². The van der Waals surface area contributed by atoms with Crippen LogP contribution in [0.3, 0.4) is 0 Å². The molecule has 0 heterocycles. The predicted molar refractivity (Wildman–Crippen MR) is 114 cm³/mol. The zero-order chi connectivity index (χ0) is 20.2. The smallest absolute Gasteiger partial charge is 0.285 e. The molecule has 0 saturated carbocycles. The zero-order valence-electron chi connectivity index (χ0n) is 18.8. The van der Waals surface area contributed by atoms with Gasteiger partial charge in [-0.15, -0.1) is 0 Å². The lowest BCUT2D eigenvalue weighted by Crippen LogP contribution is -2.44. The molecule has 0 aromatic carbocycles. The highest BCUT2D eigenvalue weighted by Crippen LogP contribution is 2.33. The summed E-state index contributed by atoms with van der Waals surface area (Å²) < 4.78 is 22.4. The Morgan fingerprint density at radius 3 is 1.74 bits per heavy atom. The Morgan fingerprint density at radius 1 is 0.704 bits per heavy atom. The highest BCUT2D eigenvalue weighted by molar-refractivity contribution is 4.72. The van der Waals surface area contributed by atoms with Gasteiger partial charge in [-0.3, -0.25) is 0 Å². The first-order valence-corrected chi connectivity index (χ1v) is 11.1. The van der Waals surface area contributed by atoms with Crippen molar-refractivity contribution in [2.45, 2.75) is 103 Å². The number of methoxy groups -OCH3 is 3. The molecule has 0 rings (SSSR count). The topological polar surface area (TPSA) is 36.9 Å². The summed E-state index contributed by atoms with van der Waals surface area (Å²) in [7, 11) is 5.05. The van der Waals surface area contributed by atoms with E-state index in [-0.39, 0.29) is 5.92 Å². The highest BCUT2D eigenvalue weighted by atomic mass is 16.9. The van der Waals surface area contributed by atoms with Crippen LogP contribution in [0.5, 0.6) is 0 Å². The van der Waals surface area contributed by atoms with Gasteiger partial charge < -0.3 is 18.9 Å². The standard InChI is InChI=1S/C23H46O4/c1-6-8-10-11-12-15-18-22(23(24-3,25-4)26-5)19-16-13-14-17-21-27-20-9-7-2/h9,20,22H,6-8,10-19,21H2,1-5H3. The molecule has 4 heteroatoms. The summed E-state index contributed by atoms with van der Waals surface area (Å²) in [6.45, 7) is 5.19. The predicted octanol–water partition coefficient (Wildman–Crippen LogP) is 6.84. The quantitative estimate of drug-likeness (QED) is 0.130. The van der Waals surface area contributed by atoms with E-state index in [9.17, 15) is 0 Å². The summed E-state index contributed by atoms with van der Waals surface area (Å²) in [6.07, 6.45) is 19.6. The van der Waals surface area contributed by atoms with Crippen LogP contribution in [-0.4, -0.2) is 33.9 Å². The molecule has 0 radical (unpaired) electrons. The lowest BCUT2D eigenvalue weighted by molar-refractivity contribution is -0.380. The first-order chi connectivity index (χ1) is 13.2. The second-order valence-electron chi connectivity index (χ2n) is 7.32. The van der Waals surface area contributed by atoms with Crippen LogP contribution in [0, 0.1) is 5.92 Å². The second-order valence-corrected chi connectivity index (χ2v) is 7.32. The van der Waals surface area contributed by atoms with Crippen molar-refractivity contribution >= 4 is 0 Å². The van der Waals surface area contributed by atoms with Gasteiger partial charge in [0.2, 0.25) is 0 Å². The number of unbranched alkanes of at least 4 members (excludes halogenated alkanes) is 8. The first-order valence-electron chi connectivity index (χ1n) is 11.1. The number of ether oxygens (including phenoxy) is 4. The number of rotatable bonds is 20. The third kappa shape index (κ3) is 12.5. The molecule has 0 aromatic heterocycles. The molecule has 0 fully saturated rings. The van der Waals surface area contributed by atoms with Crippen LogP contribution >= 0.6 is 0 Å². The number of allylic oxidation sites excluding steroid dienone is 1. The van der Waals surface area contributed by atoms with Gasteiger partial charge in [-0.2, -0.15) is 0 Å². The van der Waals surface area contributed by atoms with E-state index in [4.69, 9.17) is 18.9 Å². The minimum atomic E-state index is -0.905. The van der Waals surface area contributed by atoms with E-state index < -0.39 is 5.97 Å². The first kappa shape index (κ1) is 26.4. The minimum absolute atomic E-state index is 0.271. The van der Waals surface area contributed by atoms with Crippen molar-refractivity contribution in [1.82, 2.24) is 0 Å². The normalized spacial score (nSPS) is 13.4. The molecule has 4 nitrogen and oxygen atoms in total. The monoisotopic (exact) mass is 386 g/mol. The average molecular weight is 387 g/mol. The molecule has 0 aliphatic heterocycles. The Labute approximate surface area is 169 Å². The largest absolute Gasteiger partial charge is 0.502 e. The summed E-state index contributed by atoms with van der Waals surface area (Å²) >= 11 is 0. The molecular formula is C23H46O4. The van der Waals surface area contributed by atoms with Crippen LogP contribution < -0.4 is 0 Å². The van der Waals surface area contributed by atoms with Gasteiger partial charge in [0, 0.05) is 27.2 Å². The van der Waals surface area contributed by atoms with E-state index >= 15 is 0 Å². The summed E-state index contributed by atoms with van der Waals surface area (Å²) in [5, 5.41) is 0. The summed E-state index contributed by atoms with van der Waals surface area (Å²) in [4.78, 5) is 0. The Bertz CT molecular complexity index is 318. The SMILES string of the molecule is CCC=COCCCCCCC(CCCCCCCC)C(OC)(OC)OC. The Kier molecular flexibility index (Phi) is 18.4. The third-order valence-corrected chi connectivity index (χ3v) is 5.25. The molecule has 0 saturated heterocycles. The second kappa shape index (κ2) is 18.8. The fourth-order valence-corrected chi connectivity index (χ4v) is 3.58. The lowest BCUT2D eigenvalue weighted by atomic mass is 9.92.